The third-order valence-corrected chi connectivity index (χ3v) is 11.8. The number of aliphatic carboxylic acids is 1. The molecular formula is C40H39ClFN7O5. The van der Waals surface area contributed by atoms with Gasteiger partial charge in [0.25, 0.3) is 5.56 Å². The average Bonchev–Trinajstić information content (AvgIpc) is 3.43. The molecule has 0 amide bonds. The Kier molecular flexibility index (Phi) is 8.89. The summed E-state index contributed by atoms with van der Waals surface area (Å²) in [5.41, 5.74) is 5.36. The normalized spacial score (nSPS) is 20.8. The van der Waals surface area contributed by atoms with Crippen LogP contribution in [0.1, 0.15) is 47.6 Å². The second-order valence-corrected chi connectivity index (χ2v) is 14.8. The number of aromatic nitrogens is 5. The first kappa shape index (κ1) is 35.6. The van der Waals surface area contributed by atoms with E-state index in [0.717, 1.165) is 63.9 Å². The number of carboxylic acid groups (broad SMARTS) is 1. The lowest BCUT2D eigenvalue weighted by Crippen LogP contribution is -2.38. The molecule has 54 heavy (non-hydrogen) atoms. The molecule has 4 heterocycles. The number of carboxylic acids is 1. The molecule has 278 valence electrons. The van der Waals surface area contributed by atoms with Crippen LogP contribution in [-0.4, -0.2) is 60.3 Å². The van der Waals surface area contributed by atoms with Crippen molar-refractivity contribution in [1.82, 2.24) is 29.0 Å². The van der Waals surface area contributed by atoms with E-state index in [2.05, 4.69) is 32.8 Å². The second-order valence-electron chi connectivity index (χ2n) is 14.4. The molecular weight excluding hydrogens is 713 g/mol. The maximum absolute atomic E-state index is 15.2. The summed E-state index contributed by atoms with van der Waals surface area (Å²) in [5.74, 6) is -0.0388. The number of nitrogens with zero attached hydrogens (tertiary/aromatic N) is 6. The van der Waals surface area contributed by atoms with E-state index in [9.17, 15) is 19.5 Å². The number of allylic oxidation sites excluding steroid dienone is 1. The van der Waals surface area contributed by atoms with Crippen molar-refractivity contribution in [2.24, 2.45) is 31.8 Å². The number of carbonyl (C=O) groups is 1. The first-order chi connectivity index (χ1) is 25.9. The summed E-state index contributed by atoms with van der Waals surface area (Å²) in [6, 6.07) is 13.6. The van der Waals surface area contributed by atoms with Crippen molar-refractivity contribution in [1.29, 1.82) is 0 Å². The minimum absolute atomic E-state index is 0.0133. The van der Waals surface area contributed by atoms with Gasteiger partial charge < -0.3 is 15.2 Å². The highest BCUT2D eigenvalue weighted by Gasteiger charge is 2.60. The zero-order chi connectivity index (χ0) is 38.2. The van der Waals surface area contributed by atoms with E-state index in [1.807, 2.05) is 43.3 Å². The van der Waals surface area contributed by atoms with Crippen molar-refractivity contribution in [2.75, 3.05) is 25.5 Å². The molecule has 5 aromatic rings. The smallest absolute Gasteiger partial charge is 0.332 e. The number of aryl methyl sites for hydroxylation is 2. The molecule has 2 aromatic carbocycles. The Morgan fingerprint density at radius 3 is 2.50 bits per heavy atom. The molecule has 14 heteroatoms. The summed E-state index contributed by atoms with van der Waals surface area (Å²) < 4.78 is 23.3. The van der Waals surface area contributed by atoms with Crippen LogP contribution in [0.2, 0.25) is 5.02 Å². The molecule has 12 nitrogen and oxygen atoms in total. The Bertz CT molecular complexity index is 2510. The van der Waals surface area contributed by atoms with Gasteiger partial charge in [0, 0.05) is 62.0 Å². The number of halogens is 2. The van der Waals surface area contributed by atoms with Gasteiger partial charge in [-0.3, -0.25) is 23.6 Å². The molecule has 2 N–H and O–H groups in total. The summed E-state index contributed by atoms with van der Waals surface area (Å²) in [7, 11) is 4.47. The fourth-order valence-electron chi connectivity index (χ4n) is 8.51. The van der Waals surface area contributed by atoms with Gasteiger partial charge >= 0.3 is 11.7 Å². The van der Waals surface area contributed by atoms with Crippen LogP contribution < -0.4 is 21.3 Å². The van der Waals surface area contributed by atoms with E-state index in [0.29, 0.717) is 22.3 Å². The fraction of sp³-hybridized carbons (Fsp3) is 0.350. The summed E-state index contributed by atoms with van der Waals surface area (Å²) in [5, 5.41) is 13.3. The number of rotatable bonds is 10. The molecule has 0 radical (unpaired) electrons. The molecule has 0 bridgehead atoms. The number of hydrogen-bond donors (Lipinski definition) is 2. The minimum Gasteiger partial charge on any atom is -0.481 e. The topological polar surface area (TPSA) is 144 Å². The van der Waals surface area contributed by atoms with Gasteiger partial charge in [0.05, 0.1) is 23.7 Å². The molecule has 4 atom stereocenters. The first-order valence-electron chi connectivity index (χ1n) is 17.9. The van der Waals surface area contributed by atoms with Gasteiger partial charge in [0.2, 0.25) is 5.88 Å². The van der Waals surface area contributed by atoms with Crippen LogP contribution in [0.5, 0.6) is 5.88 Å². The predicted octanol–water partition coefficient (Wildman–Crippen LogP) is 6.31. The van der Waals surface area contributed by atoms with Crippen molar-refractivity contribution in [3.05, 3.63) is 103 Å². The highest BCUT2D eigenvalue weighted by molar-refractivity contribution is 6.36. The number of nitrogens with one attached hydrogen (secondary N) is 1. The van der Waals surface area contributed by atoms with Crippen molar-refractivity contribution >= 4 is 40.1 Å². The summed E-state index contributed by atoms with van der Waals surface area (Å²) >= 11 is 7.23. The molecule has 1 saturated heterocycles. The number of ether oxygens (including phenoxy) is 1. The highest BCUT2D eigenvalue weighted by atomic mass is 35.5. The van der Waals surface area contributed by atoms with E-state index in [4.69, 9.17) is 21.3 Å². The predicted molar refractivity (Wildman–Crippen MR) is 204 cm³/mol. The van der Waals surface area contributed by atoms with Crippen molar-refractivity contribution < 1.29 is 19.0 Å². The molecule has 0 spiro atoms. The lowest BCUT2D eigenvalue weighted by atomic mass is 9.96. The first-order valence-corrected chi connectivity index (χ1v) is 18.2. The molecule has 1 saturated carbocycles. The molecule has 8 rings (SSSR count). The molecule has 2 fully saturated rings. The zero-order valence-electron chi connectivity index (χ0n) is 30.3. The number of benzene rings is 2. The van der Waals surface area contributed by atoms with Crippen molar-refractivity contribution in [2.45, 2.75) is 38.4 Å². The molecule has 1 aliphatic heterocycles. The van der Waals surface area contributed by atoms with E-state index in [1.54, 1.807) is 7.11 Å². The third-order valence-electron chi connectivity index (χ3n) is 11.4. The Labute approximate surface area is 314 Å². The zero-order valence-corrected chi connectivity index (χ0v) is 31.0. The fourth-order valence-corrected chi connectivity index (χ4v) is 8.83. The maximum Gasteiger partial charge on any atom is 0.332 e. The summed E-state index contributed by atoms with van der Waals surface area (Å²) in [6.07, 6.45) is 1.52. The van der Waals surface area contributed by atoms with Crippen LogP contribution >= 0.6 is 11.6 Å². The lowest BCUT2D eigenvalue weighted by molar-refractivity contribution is -0.139. The van der Waals surface area contributed by atoms with Crippen molar-refractivity contribution in [3.63, 3.8) is 0 Å². The number of likely N-dealkylation sites (tertiary alicyclic amines) is 1. The monoisotopic (exact) mass is 751 g/mol. The van der Waals surface area contributed by atoms with Gasteiger partial charge in [-0.2, -0.15) is 0 Å². The summed E-state index contributed by atoms with van der Waals surface area (Å²) in [4.78, 5) is 53.9. The molecule has 3 aliphatic rings. The SMILES string of the molecule is C=CCC(F)c1nc(Nc2cccc(-c3cccc(-c4cc5c(c(OC)n4)C(N4CC6C(C4)C6C(=O)O)CC5)c3Cl)c2C)c2c(=O)n(C)c(=O)n(C)c2n1. The number of pyridine rings is 1. The number of anilines is 2. The van der Waals surface area contributed by atoms with Crippen LogP contribution in [0.4, 0.5) is 15.9 Å². The second kappa shape index (κ2) is 13.5. The van der Waals surface area contributed by atoms with Gasteiger partial charge in [0.15, 0.2) is 17.6 Å². The lowest BCUT2D eigenvalue weighted by Gasteiger charge is -2.27. The van der Waals surface area contributed by atoms with Gasteiger partial charge in [-0.25, -0.2) is 24.1 Å². The standard InChI is InChI=1S/C40H39ClFN7O5/c1-6-9-26(42)34-45-35(32-36(46-34)47(3)40(53)48(4)38(32)50)43-27-13-8-10-21(19(27)2)22-11-7-12-23(33(22)41)28-16-20-14-15-29(30(20)37(44-28)54-5)49-17-24-25(18-49)31(24)39(51)52/h6-8,10-13,16,24-26,29,31H,1,9,14-15,17-18H2,2-5H3,(H,51,52)(H,43,45,46). The van der Waals surface area contributed by atoms with Gasteiger partial charge in [0.1, 0.15) is 11.2 Å². The van der Waals surface area contributed by atoms with Crippen LogP contribution in [0.25, 0.3) is 33.4 Å². The third kappa shape index (κ3) is 5.68. The molecule has 2 aliphatic carbocycles. The Hall–Kier alpha value is -5.40. The number of alkyl halides is 1. The van der Waals surface area contributed by atoms with E-state index in [-0.39, 0.29) is 52.9 Å². The largest absolute Gasteiger partial charge is 0.481 e. The van der Waals surface area contributed by atoms with E-state index >= 15 is 4.39 Å². The van der Waals surface area contributed by atoms with Crippen molar-refractivity contribution in [3.8, 4) is 28.3 Å². The number of fused-ring (bicyclic) bond motifs is 3. The van der Waals surface area contributed by atoms with E-state index < -0.39 is 23.4 Å². The van der Waals surface area contributed by atoms with Gasteiger partial charge in [-0.05, 0) is 60.4 Å². The van der Waals surface area contributed by atoms with Gasteiger partial charge in [-0.1, -0.05) is 48.0 Å². The Balaban J connectivity index is 1.15. The molecule has 3 aromatic heterocycles. The highest BCUT2D eigenvalue weighted by Crippen LogP contribution is 2.55. The number of hydrogen-bond acceptors (Lipinski definition) is 9. The summed E-state index contributed by atoms with van der Waals surface area (Å²) in [6.45, 7) is 7.07. The number of methoxy groups -OCH3 is 1. The Morgan fingerprint density at radius 2 is 1.80 bits per heavy atom. The van der Waals surface area contributed by atoms with Crippen LogP contribution in [-0.2, 0) is 25.3 Å². The Morgan fingerprint density at radius 1 is 1.09 bits per heavy atom. The van der Waals surface area contributed by atoms with Crippen LogP contribution in [0.15, 0.2) is 64.7 Å². The molecule has 4 unspecified atom stereocenters. The minimum atomic E-state index is -1.60. The van der Waals surface area contributed by atoms with Crippen LogP contribution in [0, 0.1) is 24.7 Å². The average molecular weight is 752 g/mol. The quantitative estimate of drug-likeness (QED) is 0.156. The van der Waals surface area contributed by atoms with E-state index in [1.165, 1.54) is 24.7 Å². The van der Waals surface area contributed by atoms with Gasteiger partial charge in [-0.15, -0.1) is 6.58 Å². The number of piperidine rings is 1. The van der Waals surface area contributed by atoms with Crippen LogP contribution in [0.3, 0.4) is 0 Å². The maximum atomic E-state index is 15.2.